The lowest BCUT2D eigenvalue weighted by Gasteiger charge is -2.50. The number of carbonyl (C=O) groups excluding carboxylic acids is 17. The van der Waals surface area contributed by atoms with Crippen LogP contribution in [0.5, 0.6) is 0 Å². The quantitative estimate of drug-likeness (QED) is 0.0545. The highest BCUT2D eigenvalue weighted by Gasteiger charge is 2.73. The van der Waals surface area contributed by atoms with Crippen LogP contribution in [0.3, 0.4) is 0 Å². The fourth-order valence-corrected chi connectivity index (χ4v) is 23.6. The molecule has 2 N–H and O–H groups in total. The molecule has 30 atom stereocenters. The molecule has 10 saturated carbocycles. The molecule has 10 aliphatic heterocycles. The summed E-state index contributed by atoms with van der Waals surface area (Å²) in [7, 11) is 1.27. The molecule has 20 rings (SSSR count). The van der Waals surface area contributed by atoms with Crippen molar-refractivity contribution in [1.82, 2.24) is 0 Å². The van der Waals surface area contributed by atoms with Crippen LogP contribution >= 0.6 is 0 Å². The summed E-state index contributed by atoms with van der Waals surface area (Å²) >= 11 is 0. The Kier molecular flexibility index (Phi) is 29.9. The van der Waals surface area contributed by atoms with Crippen LogP contribution < -0.4 is 0 Å². The van der Waals surface area contributed by atoms with Crippen molar-refractivity contribution in [2.24, 2.45) is 121 Å². The largest absolute Gasteiger partial charge is 0.481 e. The molecule has 10 aliphatic carbocycles. The van der Waals surface area contributed by atoms with Gasteiger partial charge in [-0.25, -0.2) is 19.2 Å². The first-order valence-corrected chi connectivity index (χ1v) is 48.8. The molecule has 762 valence electrons. The second kappa shape index (κ2) is 39.1. The minimum atomic E-state index is -1.02. The van der Waals surface area contributed by atoms with Gasteiger partial charge in [0.25, 0.3) is 0 Å². The number of aliphatic hydroxyl groups is 1. The summed E-state index contributed by atoms with van der Waals surface area (Å²) in [6.07, 6.45) is 6.14. The summed E-state index contributed by atoms with van der Waals surface area (Å²) in [5.41, 5.74) is -7.30. The van der Waals surface area contributed by atoms with Crippen molar-refractivity contribution < 1.29 is 182 Å². The number of carboxylic acid groups (broad SMARTS) is 1. The van der Waals surface area contributed by atoms with E-state index in [2.05, 4.69) is 0 Å². The van der Waals surface area contributed by atoms with E-state index >= 15 is 0 Å². The van der Waals surface area contributed by atoms with Gasteiger partial charge in [0, 0.05) is 86.9 Å². The maximum Gasteiger partial charge on any atom is 0.344 e. The van der Waals surface area contributed by atoms with E-state index in [4.69, 9.17) is 85.3 Å². The van der Waals surface area contributed by atoms with Gasteiger partial charge in [0.1, 0.15) is 66.1 Å². The van der Waals surface area contributed by atoms with Crippen LogP contribution in [0.25, 0.3) is 0 Å². The van der Waals surface area contributed by atoms with E-state index in [-0.39, 0.29) is 163 Å². The molecule has 16 bridgehead atoms. The average Bonchev–Trinajstić information content (AvgIpc) is 1.26. The minimum absolute atomic E-state index is 0.00636. The van der Waals surface area contributed by atoms with Crippen molar-refractivity contribution in [1.29, 1.82) is 0 Å². The number of carboxylic acids is 1. The molecule has 38 nitrogen and oxygen atoms in total. The number of methoxy groups -OCH3 is 1. The predicted octanol–water partition coefficient (Wildman–Crippen LogP) is 8.86. The smallest absolute Gasteiger partial charge is 0.344 e. The van der Waals surface area contributed by atoms with Gasteiger partial charge in [-0.2, -0.15) is 0 Å². The Morgan fingerprint density at radius 2 is 0.759 bits per heavy atom. The number of aliphatic carboxylic acids is 1. The molecule has 137 heavy (non-hydrogen) atoms. The van der Waals surface area contributed by atoms with Crippen LogP contribution in [0.4, 0.5) is 0 Å². The van der Waals surface area contributed by atoms with Gasteiger partial charge in [0.15, 0.2) is 38.6 Å². The summed E-state index contributed by atoms with van der Waals surface area (Å²) in [6.45, 7) is 33.1. The van der Waals surface area contributed by atoms with Crippen molar-refractivity contribution in [3.05, 3.63) is 0 Å². The van der Waals surface area contributed by atoms with E-state index < -0.39 is 195 Å². The van der Waals surface area contributed by atoms with Crippen molar-refractivity contribution >= 4 is 107 Å². The van der Waals surface area contributed by atoms with E-state index in [1.807, 2.05) is 76.2 Å². The summed E-state index contributed by atoms with van der Waals surface area (Å²) in [6, 6.07) is 0. The van der Waals surface area contributed by atoms with Crippen molar-refractivity contribution in [3.63, 3.8) is 0 Å². The zero-order chi connectivity index (χ0) is 101. The monoisotopic (exact) mass is 1930 g/mol. The second-order valence-electron chi connectivity index (χ2n) is 45.2. The third-order valence-corrected chi connectivity index (χ3v) is 33.7. The first-order chi connectivity index (χ1) is 63.9. The van der Waals surface area contributed by atoms with Gasteiger partial charge in [-0.15, -0.1) is 0 Å². The maximum atomic E-state index is 12.6. The number of ether oxygens (including phenoxy) is 18. The maximum absolute atomic E-state index is 12.6. The van der Waals surface area contributed by atoms with Gasteiger partial charge in [-0.05, 0) is 172 Å². The van der Waals surface area contributed by atoms with Crippen molar-refractivity contribution in [2.75, 3.05) is 33.5 Å². The van der Waals surface area contributed by atoms with Crippen LogP contribution in [0.1, 0.15) is 266 Å². The minimum Gasteiger partial charge on any atom is -0.481 e. The number of esters is 17. The van der Waals surface area contributed by atoms with Crippen molar-refractivity contribution in [2.45, 2.75) is 356 Å². The van der Waals surface area contributed by atoms with Gasteiger partial charge in [-0.3, -0.25) is 67.1 Å². The summed E-state index contributed by atoms with van der Waals surface area (Å²) < 4.78 is 96.1. The molecular weight excluding hydrogens is 1800 g/mol. The molecule has 0 amide bonds. The fourth-order valence-electron chi connectivity index (χ4n) is 23.6. The van der Waals surface area contributed by atoms with Crippen LogP contribution in [0.15, 0.2) is 0 Å². The van der Waals surface area contributed by atoms with E-state index in [1.54, 1.807) is 55.4 Å². The molecule has 10 saturated heterocycles. The molecule has 38 heteroatoms. The topological polar surface area (TPSA) is 514 Å². The lowest BCUT2D eigenvalue weighted by molar-refractivity contribution is -0.202. The Hall–Kier alpha value is -9.62. The molecule has 0 aromatic carbocycles. The third kappa shape index (κ3) is 20.8. The van der Waals surface area contributed by atoms with Crippen LogP contribution in [0, 0.1) is 121 Å². The van der Waals surface area contributed by atoms with Crippen LogP contribution in [-0.4, -0.2) is 241 Å². The SMILES string of the molecule is CCC(C)(C)C(=O)OC12CC3CC(C(=O)O)(CC(C1)C(=O)O3)C2.CCC(C)(C)C(=O)OC12CC3CC(O)(CC(C1)C(=O)O3)C2.CCC(C)(C)C(=O)OCC(=O)OC1C2CC3C(=O)OC1C3C2.CCC(C)(C)C(=O)OCC(=O)OC1C2CC3C(=O)OC1C3O2.CCC(C)(C)C(=O)OCC(=O)OC1C2CC3C1OC(=O)C3C2C.CCC(C)(C)C(=O)OCC(=O)OC1C2CC3C1OC(=O)C3C2C(=O)OC. The lowest BCUT2D eigenvalue weighted by atomic mass is 9.57. The normalized spacial score (nSPS) is 37.1. The first kappa shape index (κ1) is 105. The Morgan fingerprint density at radius 3 is 1.23 bits per heavy atom. The first-order valence-electron chi connectivity index (χ1n) is 48.8. The van der Waals surface area contributed by atoms with Gasteiger partial charge >= 0.3 is 107 Å². The molecular formula is C99H138O38. The van der Waals surface area contributed by atoms with E-state index in [1.165, 1.54) is 7.11 Å². The molecule has 20 fully saturated rings. The van der Waals surface area contributed by atoms with Gasteiger partial charge in [0.05, 0.1) is 98.1 Å². The highest BCUT2D eigenvalue weighted by Crippen LogP contribution is 2.63. The van der Waals surface area contributed by atoms with Crippen LogP contribution in [0.2, 0.25) is 0 Å². The second-order valence-corrected chi connectivity index (χ2v) is 45.2. The number of carbonyl (C=O) groups is 18. The van der Waals surface area contributed by atoms with E-state index in [0.717, 1.165) is 19.3 Å². The zero-order valence-corrected chi connectivity index (χ0v) is 82.3. The third-order valence-electron chi connectivity index (χ3n) is 33.7. The molecule has 20 aliphatic rings. The Morgan fingerprint density at radius 1 is 0.372 bits per heavy atom. The molecule has 30 unspecified atom stereocenters. The number of rotatable bonds is 28. The van der Waals surface area contributed by atoms with E-state index in [0.29, 0.717) is 103 Å². The fraction of sp³-hybridized carbons (Fsp3) is 0.818. The molecule has 0 radical (unpaired) electrons. The van der Waals surface area contributed by atoms with Crippen LogP contribution in [-0.2, 0) is 172 Å². The Balaban J connectivity index is 0.000000139. The lowest BCUT2D eigenvalue weighted by Crippen LogP contribution is -2.57. The summed E-state index contributed by atoms with van der Waals surface area (Å²) in [5, 5.41) is 20.5. The van der Waals surface area contributed by atoms with Gasteiger partial charge < -0.3 is 95.5 Å². The number of hydrogen-bond acceptors (Lipinski definition) is 37. The van der Waals surface area contributed by atoms with Gasteiger partial charge in [-0.1, -0.05) is 48.5 Å². The van der Waals surface area contributed by atoms with Gasteiger partial charge in [0.2, 0.25) is 0 Å². The number of hydrogen-bond donors (Lipinski definition) is 2. The Labute approximate surface area is 796 Å². The average molecular weight is 1940 g/mol. The standard InChI is InChI=1S/C18H24O8.2C17H24O6.C16H22O6.C16H24O5.C15H20O7/c1-5-18(2,3)17(22)24-7-10(19)25-13-8-6-9-12(11(8)15(20)23-4)16(21)26-14(9)13;1-5-17(3,4)16(20)21-7-11(18)22-13-9-6-10-12(8(9)2)15(19)23-14(10)13;1-4-15(2,3)14(21)23-17-6-10-5-16(9-17,13(19)20)7-11(8-17)22-12(10)18;1-4-16(2,3)15(19)20-7-11(17)21-12-8-5-9-10(6-8)14(18)22-13(9)12;1-4-14(2,3)13(18)21-16-6-10-5-15(19,9-16)7-11(8-16)20-12(10)17;1-4-15(2,3)14(18)19-6-9(16)21-11-8-5-7-10(20-8)12(11)22-13(7)17/h8-9,11-14H,5-7H2,1-4H3;8-10,12-14H,5-7H2,1-4H3;10-11H,4-9H2,1-3H3,(H,19,20);8-10,12-13H,4-7H2,1-3H3;10-11,19H,4-9H2,1-3H3;7-8,10-12H,4-6H2,1-3H3. The highest BCUT2D eigenvalue weighted by atomic mass is 16.7. The predicted molar refractivity (Wildman–Crippen MR) is 464 cm³/mol. The van der Waals surface area contributed by atoms with Crippen molar-refractivity contribution in [3.8, 4) is 0 Å². The van der Waals surface area contributed by atoms with E-state index in [9.17, 15) is 96.5 Å². The summed E-state index contributed by atoms with van der Waals surface area (Å²) in [4.78, 5) is 216. The molecule has 0 spiro atoms. The molecule has 0 aromatic rings. The summed E-state index contributed by atoms with van der Waals surface area (Å²) in [5.74, 6) is -9.74. The molecule has 0 aromatic heterocycles. The number of fused-ring (bicyclic) bond motifs is 6. The highest BCUT2D eigenvalue weighted by molar-refractivity contribution is 5.88. The molecule has 10 heterocycles. The Bertz CT molecular complexity index is 4650. The zero-order valence-electron chi connectivity index (χ0n) is 82.3.